The zero-order valence-corrected chi connectivity index (χ0v) is 10.7. The fourth-order valence-corrected chi connectivity index (χ4v) is 1.44. The van der Waals surface area contributed by atoms with Gasteiger partial charge in [-0.2, -0.15) is 5.10 Å². The first-order chi connectivity index (χ1) is 9.70. The van der Waals surface area contributed by atoms with E-state index in [0.29, 0.717) is 5.75 Å². The Hall–Kier alpha value is -2.97. The monoisotopic (exact) mass is 275 g/mol. The van der Waals surface area contributed by atoms with Crippen LogP contribution in [0.3, 0.4) is 0 Å². The van der Waals surface area contributed by atoms with Crippen LogP contribution in [-0.2, 0) is 11.3 Å². The Morgan fingerprint density at radius 3 is 3.05 bits per heavy atom. The molecule has 20 heavy (non-hydrogen) atoms. The molecule has 2 rings (SSSR count). The van der Waals surface area contributed by atoms with Gasteiger partial charge < -0.3 is 10.5 Å². The van der Waals surface area contributed by atoms with Crippen molar-refractivity contribution in [3.05, 3.63) is 29.8 Å². The van der Waals surface area contributed by atoms with Gasteiger partial charge in [0.25, 0.3) is 5.91 Å². The van der Waals surface area contributed by atoms with Crippen LogP contribution in [0.25, 0.3) is 0 Å². The summed E-state index contributed by atoms with van der Waals surface area (Å²) in [6.45, 7) is -0.109. The van der Waals surface area contributed by atoms with E-state index in [1.165, 1.54) is 6.21 Å². The summed E-state index contributed by atoms with van der Waals surface area (Å²) in [5.74, 6) is 0.333. The topological polar surface area (TPSA) is 120 Å². The van der Waals surface area contributed by atoms with Gasteiger partial charge in [0.2, 0.25) is 5.95 Å². The summed E-state index contributed by atoms with van der Waals surface area (Å²) in [6.07, 6.45) is 1.49. The van der Waals surface area contributed by atoms with Gasteiger partial charge in [0, 0.05) is 5.56 Å². The molecule has 0 saturated carbocycles. The van der Waals surface area contributed by atoms with Crippen LogP contribution in [0.2, 0.25) is 0 Å². The van der Waals surface area contributed by atoms with Crippen molar-refractivity contribution in [3.63, 3.8) is 0 Å². The lowest BCUT2D eigenvalue weighted by atomic mass is 10.2. The third kappa shape index (κ3) is 3.28. The van der Waals surface area contributed by atoms with Gasteiger partial charge in [-0.05, 0) is 22.6 Å². The summed E-state index contributed by atoms with van der Waals surface area (Å²) < 4.78 is 6.31. The van der Waals surface area contributed by atoms with Gasteiger partial charge in [0.05, 0.1) is 13.3 Å². The summed E-state index contributed by atoms with van der Waals surface area (Å²) in [5.41, 5.74) is 8.54. The van der Waals surface area contributed by atoms with E-state index >= 15 is 0 Å². The number of methoxy groups -OCH3 is 1. The SMILES string of the molecule is COc1ccccc1/C=N\NC(=O)Cn1nnnc1N. The maximum absolute atomic E-state index is 11.6. The molecule has 0 fully saturated rings. The molecule has 1 aromatic heterocycles. The Morgan fingerprint density at radius 2 is 2.35 bits per heavy atom. The number of benzene rings is 1. The highest BCUT2D eigenvalue weighted by atomic mass is 16.5. The van der Waals surface area contributed by atoms with Gasteiger partial charge in [0.15, 0.2) is 0 Å². The van der Waals surface area contributed by atoms with E-state index in [0.717, 1.165) is 10.2 Å². The second kappa shape index (κ2) is 6.27. The largest absolute Gasteiger partial charge is 0.496 e. The van der Waals surface area contributed by atoms with Crippen molar-refractivity contribution in [2.75, 3.05) is 12.8 Å². The predicted octanol–water partition coefficient (Wildman–Crippen LogP) is -0.586. The normalized spacial score (nSPS) is 10.7. The van der Waals surface area contributed by atoms with Gasteiger partial charge in [-0.3, -0.25) is 4.79 Å². The number of nitrogen functional groups attached to an aromatic ring is 1. The highest BCUT2D eigenvalue weighted by Gasteiger charge is 2.06. The number of carbonyl (C=O) groups is 1. The minimum atomic E-state index is -0.393. The van der Waals surface area contributed by atoms with Gasteiger partial charge in [-0.25, -0.2) is 10.1 Å². The first kappa shape index (κ1) is 13.5. The molecule has 0 spiro atoms. The molecule has 1 aromatic carbocycles. The second-order valence-electron chi connectivity index (χ2n) is 3.73. The van der Waals surface area contributed by atoms with Crippen LogP contribution in [0.5, 0.6) is 5.75 Å². The third-order valence-electron chi connectivity index (χ3n) is 2.38. The van der Waals surface area contributed by atoms with Gasteiger partial charge >= 0.3 is 0 Å². The molecular formula is C11H13N7O2. The molecule has 9 heteroatoms. The van der Waals surface area contributed by atoms with Gasteiger partial charge in [-0.1, -0.05) is 17.2 Å². The van der Waals surface area contributed by atoms with Crippen LogP contribution in [0.1, 0.15) is 5.56 Å². The number of nitrogens with two attached hydrogens (primary N) is 1. The number of aromatic nitrogens is 4. The Bertz CT molecular complexity index is 623. The summed E-state index contributed by atoms with van der Waals surface area (Å²) in [7, 11) is 1.56. The molecule has 0 radical (unpaired) electrons. The molecule has 0 aliphatic heterocycles. The molecule has 1 heterocycles. The Kier molecular flexibility index (Phi) is 4.22. The van der Waals surface area contributed by atoms with Crippen molar-refractivity contribution >= 4 is 18.1 Å². The van der Waals surface area contributed by atoms with Crippen LogP contribution in [0, 0.1) is 0 Å². The second-order valence-corrected chi connectivity index (χ2v) is 3.73. The highest BCUT2D eigenvalue weighted by molar-refractivity contribution is 5.85. The molecule has 9 nitrogen and oxygen atoms in total. The molecule has 0 aliphatic carbocycles. The molecule has 2 aromatic rings. The number of hydrogen-bond donors (Lipinski definition) is 2. The molecule has 1 amide bonds. The summed E-state index contributed by atoms with van der Waals surface area (Å²) in [4.78, 5) is 11.6. The molecule has 0 saturated heterocycles. The lowest BCUT2D eigenvalue weighted by molar-refractivity contribution is -0.121. The quantitative estimate of drug-likeness (QED) is 0.556. The van der Waals surface area contributed by atoms with Crippen molar-refractivity contribution in [3.8, 4) is 5.75 Å². The lowest BCUT2D eigenvalue weighted by Gasteiger charge is -2.03. The van der Waals surface area contributed by atoms with Crippen LogP contribution in [0.4, 0.5) is 5.95 Å². The molecule has 104 valence electrons. The van der Waals surface area contributed by atoms with Crippen molar-refractivity contribution in [1.82, 2.24) is 25.6 Å². The van der Waals surface area contributed by atoms with Crippen molar-refractivity contribution < 1.29 is 9.53 Å². The standard InChI is InChI=1S/C11H13N7O2/c1-20-9-5-3-2-4-8(9)6-13-14-10(19)7-18-11(12)15-16-17-18/h2-6H,7H2,1H3,(H,14,19)(H2,12,15,17)/b13-6-. The summed E-state index contributed by atoms with van der Waals surface area (Å²) in [5, 5.41) is 14.2. The van der Waals surface area contributed by atoms with E-state index in [2.05, 4.69) is 26.1 Å². The maximum Gasteiger partial charge on any atom is 0.261 e. The number of amides is 1. The van der Waals surface area contributed by atoms with Crippen molar-refractivity contribution in [2.45, 2.75) is 6.54 Å². The number of hydrazone groups is 1. The smallest absolute Gasteiger partial charge is 0.261 e. The zero-order valence-electron chi connectivity index (χ0n) is 10.7. The number of carbonyl (C=O) groups excluding carboxylic acids is 1. The molecule has 3 N–H and O–H groups in total. The number of nitrogens with one attached hydrogen (secondary N) is 1. The molecular weight excluding hydrogens is 262 g/mol. The van der Waals surface area contributed by atoms with Crippen molar-refractivity contribution in [2.24, 2.45) is 5.10 Å². The van der Waals surface area contributed by atoms with E-state index in [-0.39, 0.29) is 12.5 Å². The van der Waals surface area contributed by atoms with E-state index in [9.17, 15) is 4.79 Å². The number of tetrazole rings is 1. The number of rotatable bonds is 5. The van der Waals surface area contributed by atoms with E-state index < -0.39 is 5.91 Å². The first-order valence-electron chi connectivity index (χ1n) is 5.67. The number of anilines is 1. The third-order valence-corrected chi connectivity index (χ3v) is 2.38. The fraction of sp³-hybridized carbons (Fsp3) is 0.182. The molecule has 0 atom stereocenters. The first-order valence-corrected chi connectivity index (χ1v) is 5.67. The van der Waals surface area contributed by atoms with E-state index in [1.54, 1.807) is 13.2 Å². The Morgan fingerprint density at radius 1 is 1.55 bits per heavy atom. The van der Waals surface area contributed by atoms with Crippen LogP contribution >= 0.6 is 0 Å². The molecule has 0 unspecified atom stereocenters. The molecule has 0 aliphatic rings. The highest BCUT2D eigenvalue weighted by Crippen LogP contribution is 2.14. The number of para-hydroxylation sites is 1. The number of hydrogen-bond acceptors (Lipinski definition) is 7. The summed E-state index contributed by atoms with van der Waals surface area (Å²) >= 11 is 0. The number of nitrogens with zero attached hydrogens (tertiary/aromatic N) is 5. The number of ether oxygens (including phenoxy) is 1. The Labute approximate surface area is 114 Å². The average Bonchev–Trinajstić information content (AvgIpc) is 2.85. The Balaban J connectivity index is 1.93. The predicted molar refractivity (Wildman–Crippen MR) is 71.0 cm³/mol. The minimum Gasteiger partial charge on any atom is -0.496 e. The van der Waals surface area contributed by atoms with E-state index in [1.807, 2.05) is 18.2 Å². The van der Waals surface area contributed by atoms with Gasteiger partial charge in [0.1, 0.15) is 12.3 Å². The van der Waals surface area contributed by atoms with E-state index in [4.69, 9.17) is 10.5 Å². The minimum absolute atomic E-state index is 0.0638. The van der Waals surface area contributed by atoms with Crippen LogP contribution < -0.4 is 15.9 Å². The van der Waals surface area contributed by atoms with Crippen molar-refractivity contribution in [1.29, 1.82) is 0 Å². The van der Waals surface area contributed by atoms with Gasteiger partial charge in [-0.15, -0.1) is 0 Å². The average molecular weight is 275 g/mol. The maximum atomic E-state index is 11.6. The zero-order chi connectivity index (χ0) is 14.4. The summed E-state index contributed by atoms with van der Waals surface area (Å²) in [6, 6.07) is 7.29. The fourth-order valence-electron chi connectivity index (χ4n) is 1.44. The van der Waals surface area contributed by atoms with Crippen LogP contribution in [-0.4, -0.2) is 39.4 Å². The van der Waals surface area contributed by atoms with Crippen LogP contribution in [0.15, 0.2) is 29.4 Å². The molecule has 0 bridgehead atoms. The lowest BCUT2D eigenvalue weighted by Crippen LogP contribution is -2.24.